The molecule has 0 spiro atoms. The van der Waals surface area contributed by atoms with Gasteiger partial charge in [0, 0.05) is 0 Å². The van der Waals surface area contributed by atoms with Crippen LogP contribution < -0.4 is 9.47 Å². The summed E-state index contributed by atoms with van der Waals surface area (Å²) >= 11 is 0. The van der Waals surface area contributed by atoms with Crippen LogP contribution >= 0.6 is 0 Å². The van der Waals surface area contributed by atoms with E-state index in [2.05, 4.69) is 19.9 Å². The molecule has 0 heterocycles. The topological polar surface area (TPSA) is 42.2 Å². The SMILES string of the molecule is CCCCCOc1ccc(C=C(C#N)c2ccc(OCCCC)cc2)cc1. The summed E-state index contributed by atoms with van der Waals surface area (Å²) in [6.07, 6.45) is 7.51. The first-order chi connectivity index (χ1) is 13.3. The second kappa shape index (κ2) is 11.8. The van der Waals surface area contributed by atoms with Gasteiger partial charge in [0.2, 0.25) is 0 Å². The smallest absolute Gasteiger partial charge is 0.119 e. The van der Waals surface area contributed by atoms with Crippen LogP contribution in [0.25, 0.3) is 11.6 Å². The average Bonchev–Trinajstić information content (AvgIpc) is 2.71. The molecule has 0 radical (unpaired) electrons. The van der Waals surface area contributed by atoms with Gasteiger partial charge in [-0.1, -0.05) is 45.2 Å². The molecule has 142 valence electrons. The van der Waals surface area contributed by atoms with Gasteiger partial charge >= 0.3 is 0 Å². The monoisotopic (exact) mass is 363 g/mol. The lowest BCUT2D eigenvalue weighted by molar-refractivity contribution is 0.306. The van der Waals surface area contributed by atoms with E-state index in [4.69, 9.17) is 9.47 Å². The summed E-state index contributed by atoms with van der Waals surface area (Å²) in [6.45, 7) is 5.80. The van der Waals surface area contributed by atoms with Crippen molar-refractivity contribution in [2.45, 2.75) is 46.0 Å². The molecule has 3 nitrogen and oxygen atoms in total. The molecule has 0 saturated heterocycles. The Hall–Kier alpha value is -2.73. The first kappa shape index (κ1) is 20.6. The molecular weight excluding hydrogens is 334 g/mol. The van der Waals surface area contributed by atoms with Crippen molar-refractivity contribution in [3.8, 4) is 17.6 Å². The Kier molecular flexibility index (Phi) is 9.00. The van der Waals surface area contributed by atoms with Gasteiger partial charge in [-0.25, -0.2) is 0 Å². The number of nitriles is 1. The van der Waals surface area contributed by atoms with Crippen molar-refractivity contribution < 1.29 is 9.47 Å². The minimum absolute atomic E-state index is 0.631. The van der Waals surface area contributed by atoms with Crippen LogP contribution in [0.2, 0.25) is 0 Å². The Balaban J connectivity index is 1.99. The van der Waals surface area contributed by atoms with Gasteiger partial charge in [0.1, 0.15) is 11.5 Å². The standard InChI is InChI=1S/C24H29NO2/c1-3-5-7-17-27-23-12-8-20(9-13-23)18-22(19-25)21-10-14-24(15-11-21)26-16-6-4-2/h8-15,18H,3-7,16-17H2,1-2H3. The van der Waals surface area contributed by atoms with E-state index in [1.807, 2.05) is 54.6 Å². The maximum atomic E-state index is 9.53. The van der Waals surface area contributed by atoms with Crippen LogP contribution in [0, 0.1) is 11.3 Å². The summed E-state index contributed by atoms with van der Waals surface area (Å²) in [4.78, 5) is 0. The lowest BCUT2D eigenvalue weighted by Crippen LogP contribution is -1.96. The first-order valence-electron chi connectivity index (χ1n) is 9.84. The molecule has 0 unspecified atom stereocenters. The summed E-state index contributed by atoms with van der Waals surface area (Å²) in [7, 11) is 0. The summed E-state index contributed by atoms with van der Waals surface area (Å²) in [6, 6.07) is 17.9. The molecule has 2 aromatic rings. The predicted molar refractivity (Wildman–Crippen MR) is 112 cm³/mol. The molecule has 27 heavy (non-hydrogen) atoms. The van der Waals surface area contributed by atoms with Crippen molar-refractivity contribution in [3.05, 3.63) is 59.7 Å². The van der Waals surface area contributed by atoms with E-state index in [1.54, 1.807) is 0 Å². The zero-order chi connectivity index (χ0) is 19.3. The molecule has 0 aliphatic carbocycles. The lowest BCUT2D eigenvalue weighted by atomic mass is 10.0. The highest BCUT2D eigenvalue weighted by atomic mass is 16.5. The molecule has 0 saturated carbocycles. The van der Waals surface area contributed by atoms with E-state index in [-0.39, 0.29) is 0 Å². The van der Waals surface area contributed by atoms with Crippen molar-refractivity contribution in [3.63, 3.8) is 0 Å². The molecule has 0 bridgehead atoms. The molecule has 0 aliphatic rings. The number of benzene rings is 2. The Labute approximate surface area is 163 Å². The summed E-state index contributed by atoms with van der Waals surface area (Å²) < 4.78 is 11.4. The Morgan fingerprint density at radius 1 is 0.815 bits per heavy atom. The van der Waals surface area contributed by atoms with Gasteiger partial charge in [-0.2, -0.15) is 5.26 Å². The summed E-state index contributed by atoms with van der Waals surface area (Å²) in [5.41, 5.74) is 2.50. The van der Waals surface area contributed by atoms with Gasteiger partial charge in [-0.05, 0) is 66.4 Å². The Morgan fingerprint density at radius 2 is 1.37 bits per heavy atom. The molecule has 0 amide bonds. The predicted octanol–water partition coefficient (Wildman–Crippen LogP) is 6.50. The van der Waals surface area contributed by atoms with E-state index < -0.39 is 0 Å². The third kappa shape index (κ3) is 7.19. The molecule has 3 heteroatoms. The van der Waals surface area contributed by atoms with E-state index in [9.17, 15) is 5.26 Å². The highest BCUT2D eigenvalue weighted by Crippen LogP contribution is 2.22. The van der Waals surface area contributed by atoms with Crippen LogP contribution in [0.15, 0.2) is 48.5 Å². The van der Waals surface area contributed by atoms with Crippen LogP contribution in [0.5, 0.6) is 11.5 Å². The molecular formula is C24H29NO2. The van der Waals surface area contributed by atoms with Crippen molar-refractivity contribution >= 4 is 11.6 Å². The van der Waals surface area contributed by atoms with E-state index >= 15 is 0 Å². The quantitative estimate of drug-likeness (QED) is 0.260. The molecule has 0 N–H and O–H groups in total. The van der Waals surface area contributed by atoms with Crippen molar-refractivity contribution in [1.82, 2.24) is 0 Å². The normalized spacial score (nSPS) is 11.1. The van der Waals surface area contributed by atoms with Gasteiger partial charge in [-0.15, -0.1) is 0 Å². The molecule has 2 aromatic carbocycles. The van der Waals surface area contributed by atoms with Crippen LogP contribution in [-0.4, -0.2) is 13.2 Å². The number of rotatable bonds is 11. The van der Waals surface area contributed by atoms with Crippen molar-refractivity contribution in [2.75, 3.05) is 13.2 Å². The second-order valence-electron chi connectivity index (χ2n) is 6.52. The van der Waals surface area contributed by atoms with Gasteiger partial charge in [0.15, 0.2) is 0 Å². The first-order valence-corrected chi connectivity index (χ1v) is 9.84. The zero-order valence-corrected chi connectivity index (χ0v) is 16.4. The number of nitrogens with zero attached hydrogens (tertiary/aromatic N) is 1. The van der Waals surface area contributed by atoms with Crippen LogP contribution in [-0.2, 0) is 0 Å². The van der Waals surface area contributed by atoms with E-state index in [1.165, 1.54) is 12.8 Å². The van der Waals surface area contributed by atoms with Gasteiger partial charge in [-0.3, -0.25) is 0 Å². The highest BCUT2D eigenvalue weighted by Gasteiger charge is 2.03. The minimum Gasteiger partial charge on any atom is -0.494 e. The fourth-order valence-corrected chi connectivity index (χ4v) is 2.61. The van der Waals surface area contributed by atoms with Crippen molar-refractivity contribution in [1.29, 1.82) is 5.26 Å². The molecule has 0 aromatic heterocycles. The molecule has 0 aliphatic heterocycles. The number of ether oxygens (including phenoxy) is 2. The Morgan fingerprint density at radius 3 is 1.93 bits per heavy atom. The van der Waals surface area contributed by atoms with E-state index in [0.29, 0.717) is 5.57 Å². The third-order valence-electron chi connectivity index (χ3n) is 4.26. The van der Waals surface area contributed by atoms with Crippen LogP contribution in [0.3, 0.4) is 0 Å². The number of hydrogen-bond donors (Lipinski definition) is 0. The number of hydrogen-bond acceptors (Lipinski definition) is 3. The fourth-order valence-electron chi connectivity index (χ4n) is 2.61. The second-order valence-corrected chi connectivity index (χ2v) is 6.52. The number of unbranched alkanes of at least 4 members (excludes halogenated alkanes) is 3. The van der Waals surface area contributed by atoms with Crippen molar-refractivity contribution in [2.24, 2.45) is 0 Å². The molecule has 2 rings (SSSR count). The van der Waals surface area contributed by atoms with Gasteiger partial charge in [0.25, 0.3) is 0 Å². The van der Waals surface area contributed by atoms with E-state index in [0.717, 1.165) is 55.1 Å². The van der Waals surface area contributed by atoms with Crippen LogP contribution in [0.1, 0.15) is 57.1 Å². The van der Waals surface area contributed by atoms with Crippen LogP contribution in [0.4, 0.5) is 0 Å². The molecule has 0 fully saturated rings. The van der Waals surface area contributed by atoms with Gasteiger partial charge < -0.3 is 9.47 Å². The minimum atomic E-state index is 0.631. The zero-order valence-electron chi connectivity index (χ0n) is 16.4. The summed E-state index contributed by atoms with van der Waals surface area (Å²) in [5.74, 6) is 1.71. The average molecular weight is 364 g/mol. The third-order valence-corrected chi connectivity index (χ3v) is 4.26. The summed E-state index contributed by atoms with van der Waals surface area (Å²) in [5, 5.41) is 9.53. The molecule has 0 atom stereocenters. The van der Waals surface area contributed by atoms with Gasteiger partial charge in [0.05, 0.1) is 24.9 Å². The number of allylic oxidation sites excluding steroid dienone is 1. The lowest BCUT2D eigenvalue weighted by Gasteiger charge is -2.07. The Bertz CT molecular complexity index is 739. The maximum Gasteiger partial charge on any atom is 0.119 e. The highest BCUT2D eigenvalue weighted by molar-refractivity contribution is 5.89. The fraction of sp³-hybridized carbons (Fsp3) is 0.375. The maximum absolute atomic E-state index is 9.53. The largest absolute Gasteiger partial charge is 0.494 e.